The van der Waals surface area contributed by atoms with Crippen LogP contribution in [0.2, 0.25) is 0 Å². The Balaban J connectivity index is 1.63. The van der Waals surface area contributed by atoms with Gasteiger partial charge >= 0.3 is 0 Å². The Kier molecular flexibility index (Phi) is 4.82. The molecule has 3 aliphatic carbocycles. The number of methoxy groups -OCH3 is 1. The van der Waals surface area contributed by atoms with Crippen LogP contribution in [0.25, 0.3) is 0 Å². The monoisotopic (exact) mass is 321 g/mol. The molecular weight excluding hydrogens is 290 g/mol. The molecule has 3 rings (SSSR count). The van der Waals surface area contributed by atoms with Crippen molar-refractivity contribution in [1.82, 2.24) is 5.32 Å². The quantitative estimate of drug-likeness (QED) is 0.846. The van der Waals surface area contributed by atoms with E-state index in [-0.39, 0.29) is 41.2 Å². The number of ketones is 1. The van der Waals surface area contributed by atoms with Gasteiger partial charge in [0.1, 0.15) is 5.78 Å². The lowest BCUT2D eigenvalue weighted by Gasteiger charge is -2.55. The molecule has 3 saturated carbocycles. The van der Waals surface area contributed by atoms with Gasteiger partial charge in [-0.2, -0.15) is 0 Å². The van der Waals surface area contributed by atoms with E-state index in [2.05, 4.69) is 19.2 Å². The zero-order valence-electron chi connectivity index (χ0n) is 14.8. The van der Waals surface area contributed by atoms with Gasteiger partial charge < -0.3 is 10.1 Å². The number of carbonyl (C=O) groups excluding carboxylic acids is 2. The van der Waals surface area contributed by atoms with Crippen molar-refractivity contribution in [2.24, 2.45) is 23.2 Å². The van der Waals surface area contributed by atoms with Gasteiger partial charge in [0.15, 0.2) is 0 Å². The number of fused-ring (bicyclic) bond motifs is 2. The van der Waals surface area contributed by atoms with E-state index in [0.717, 1.165) is 51.4 Å². The number of amides is 1. The molecule has 4 unspecified atom stereocenters. The number of rotatable bonds is 5. The van der Waals surface area contributed by atoms with Gasteiger partial charge in [-0.25, -0.2) is 0 Å². The van der Waals surface area contributed by atoms with E-state index in [9.17, 15) is 9.59 Å². The second-order valence-corrected chi connectivity index (χ2v) is 7.86. The Labute approximate surface area is 139 Å². The van der Waals surface area contributed by atoms with Crippen LogP contribution in [0.15, 0.2) is 0 Å². The molecule has 0 spiro atoms. The average molecular weight is 321 g/mol. The van der Waals surface area contributed by atoms with E-state index in [0.29, 0.717) is 5.78 Å². The number of hydrogen-bond acceptors (Lipinski definition) is 3. The smallest absolute Gasteiger partial charge is 0.223 e. The third kappa shape index (κ3) is 2.73. The van der Waals surface area contributed by atoms with Gasteiger partial charge in [0.25, 0.3) is 0 Å². The summed E-state index contributed by atoms with van der Waals surface area (Å²) < 4.78 is 5.62. The Morgan fingerprint density at radius 1 is 1.17 bits per heavy atom. The van der Waals surface area contributed by atoms with Crippen LogP contribution >= 0.6 is 0 Å². The van der Waals surface area contributed by atoms with Crippen LogP contribution in [0.4, 0.5) is 0 Å². The van der Waals surface area contributed by atoms with Crippen molar-refractivity contribution in [2.75, 3.05) is 7.11 Å². The third-order valence-electron chi connectivity index (χ3n) is 7.12. The molecular formula is C19H31NO3. The molecule has 0 aromatic rings. The molecule has 3 fully saturated rings. The van der Waals surface area contributed by atoms with Gasteiger partial charge in [0, 0.05) is 36.3 Å². The fourth-order valence-electron chi connectivity index (χ4n) is 5.46. The number of carbonyl (C=O) groups is 2. The second kappa shape index (κ2) is 6.54. The Hall–Kier alpha value is -0.900. The minimum atomic E-state index is 0.0380. The van der Waals surface area contributed by atoms with E-state index in [1.165, 1.54) is 0 Å². The molecule has 2 bridgehead atoms. The maximum Gasteiger partial charge on any atom is 0.223 e. The molecule has 0 aromatic heterocycles. The summed E-state index contributed by atoms with van der Waals surface area (Å²) in [5, 5.41) is 3.32. The zero-order chi connectivity index (χ0) is 16.6. The minimum Gasteiger partial charge on any atom is -0.381 e. The van der Waals surface area contributed by atoms with Crippen LogP contribution < -0.4 is 5.32 Å². The standard InChI is InChI=1S/C19H31NO3/c1-4-19(5-2)15(11-16(19)23-3)20-18(22)14-9-12-7-6-8-13(10-14)17(12)21/h12-16H,4-11H2,1-3H3,(H,20,22). The van der Waals surface area contributed by atoms with Crippen LogP contribution in [0, 0.1) is 23.2 Å². The highest BCUT2D eigenvalue weighted by atomic mass is 16.5. The second-order valence-electron chi connectivity index (χ2n) is 7.86. The summed E-state index contributed by atoms with van der Waals surface area (Å²) in [7, 11) is 1.77. The molecule has 0 saturated heterocycles. The van der Waals surface area contributed by atoms with Crippen molar-refractivity contribution in [1.29, 1.82) is 0 Å². The maximum absolute atomic E-state index is 12.8. The summed E-state index contributed by atoms with van der Waals surface area (Å²) in [6.45, 7) is 4.38. The van der Waals surface area contributed by atoms with Gasteiger partial charge in [-0.3, -0.25) is 9.59 Å². The van der Waals surface area contributed by atoms with Crippen molar-refractivity contribution >= 4 is 11.7 Å². The molecule has 4 heteroatoms. The van der Waals surface area contributed by atoms with Crippen LogP contribution in [-0.2, 0) is 14.3 Å². The first kappa shape index (κ1) is 16.9. The normalized spacial score (nSPS) is 38.7. The first-order valence-corrected chi connectivity index (χ1v) is 9.42. The highest BCUT2D eigenvalue weighted by molar-refractivity contribution is 5.88. The summed E-state index contributed by atoms with van der Waals surface area (Å²) in [4.78, 5) is 25.0. The summed E-state index contributed by atoms with van der Waals surface area (Å²) in [5.41, 5.74) is 0.0881. The lowest BCUT2D eigenvalue weighted by molar-refractivity contribution is -0.147. The topological polar surface area (TPSA) is 55.4 Å². The first-order chi connectivity index (χ1) is 11.1. The molecule has 23 heavy (non-hydrogen) atoms. The van der Waals surface area contributed by atoms with Crippen molar-refractivity contribution in [3.8, 4) is 0 Å². The molecule has 1 amide bonds. The Morgan fingerprint density at radius 2 is 1.78 bits per heavy atom. The first-order valence-electron chi connectivity index (χ1n) is 9.42. The van der Waals surface area contributed by atoms with Crippen molar-refractivity contribution in [3.63, 3.8) is 0 Å². The number of nitrogens with one attached hydrogen (secondary N) is 1. The van der Waals surface area contributed by atoms with Crippen molar-refractivity contribution in [2.45, 2.75) is 77.4 Å². The number of hydrogen-bond donors (Lipinski definition) is 1. The van der Waals surface area contributed by atoms with Crippen LogP contribution in [0.3, 0.4) is 0 Å². The predicted molar refractivity (Wildman–Crippen MR) is 88.9 cm³/mol. The van der Waals surface area contributed by atoms with E-state index < -0.39 is 0 Å². The van der Waals surface area contributed by atoms with Crippen LogP contribution in [0.1, 0.15) is 65.2 Å². The molecule has 3 aliphatic rings. The molecule has 4 nitrogen and oxygen atoms in total. The molecule has 130 valence electrons. The van der Waals surface area contributed by atoms with Crippen molar-refractivity contribution < 1.29 is 14.3 Å². The highest BCUT2D eigenvalue weighted by Gasteiger charge is 2.54. The van der Waals surface area contributed by atoms with Gasteiger partial charge in [0.2, 0.25) is 5.91 Å². The minimum absolute atomic E-state index is 0.0380. The maximum atomic E-state index is 12.8. The highest BCUT2D eigenvalue weighted by Crippen LogP contribution is 2.49. The molecule has 0 heterocycles. The predicted octanol–water partition coefficient (Wildman–Crippen LogP) is 3.09. The summed E-state index contributed by atoms with van der Waals surface area (Å²) in [6.07, 6.45) is 7.91. The molecule has 0 aromatic carbocycles. The van der Waals surface area contributed by atoms with Gasteiger partial charge in [-0.15, -0.1) is 0 Å². The molecule has 0 aliphatic heterocycles. The SMILES string of the molecule is CCC1(CC)C(NC(=O)C2CC3CCCC(C2)C3=O)CC1OC. The number of Topliss-reactive ketones (excluding diaryl/α,β-unsaturated/α-hetero) is 1. The average Bonchev–Trinajstić information content (AvgIpc) is 2.52. The zero-order valence-corrected chi connectivity index (χ0v) is 14.8. The fraction of sp³-hybridized carbons (Fsp3) is 0.895. The number of ether oxygens (including phenoxy) is 1. The molecule has 1 N–H and O–H groups in total. The van der Waals surface area contributed by atoms with E-state index in [1.807, 2.05) is 0 Å². The lowest BCUT2D eigenvalue weighted by atomic mass is 9.58. The Bertz CT molecular complexity index is 455. The molecule has 0 radical (unpaired) electrons. The summed E-state index contributed by atoms with van der Waals surface area (Å²) >= 11 is 0. The fourth-order valence-corrected chi connectivity index (χ4v) is 5.46. The largest absolute Gasteiger partial charge is 0.381 e. The molecule has 4 atom stereocenters. The van der Waals surface area contributed by atoms with Crippen LogP contribution in [0.5, 0.6) is 0 Å². The van der Waals surface area contributed by atoms with Crippen LogP contribution in [-0.4, -0.2) is 30.9 Å². The van der Waals surface area contributed by atoms with Gasteiger partial charge in [0.05, 0.1) is 6.10 Å². The van der Waals surface area contributed by atoms with Gasteiger partial charge in [-0.1, -0.05) is 20.3 Å². The van der Waals surface area contributed by atoms with E-state index >= 15 is 0 Å². The third-order valence-corrected chi connectivity index (χ3v) is 7.12. The van der Waals surface area contributed by atoms with Crippen molar-refractivity contribution in [3.05, 3.63) is 0 Å². The van der Waals surface area contributed by atoms with E-state index in [4.69, 9.17) is 4.74 Å². The lowest BCUT2D eigenvalue weighted by Crippen LogP contribution is -2.65. The van der Waals surface area contributed by atoms with E-state index in [1.54, 1.807) is 7.11 Å². The summed E-state index contributed by atoms with van der Waals surface area (Å²) in [6, 6.07) is 0.229. The summed E-state index contributed by atoms with van der Waals surface area (Å²) in [5.74, 6) is 0.943. The van der Waals surface area contributed by atoms with Gasteiger partial charge in [-0.05, 0) is 44.9 Å². The Morgan fingerprint density at radius 3 is 2.30 bits per heavy atom.